The van der Waals surface area contributed by atoms with Gasteiger partial charge in [-0.1, -0.05) is 0 Å². The van der Waals surface area contributed by atoms with Gasteiger partial charge in [0.25, 0.3) is 0 Å². The summed E-state index contributed by atoms with van der Waals surface area (Å²) in [5.74, 6) is -5.00. The minimum atomic E-state index is -2.87. The van der Waals surface area contributed by atoms with Gasteiger partial charge in [-0.3, -0.25) is 0 Å². The lowest BCUT2D eigenvalue weighted by molar-refractivity contribution is -0.301. The molecule has 0 bridgehead atoms. The highest BCUT2D eigenvalue weighted by Gasteiger charge is 2.03. The summed E-state index contributed by atoms with van der Waals surface area (Å²) < 4.78 is 32.6. The molecule has 54 valence electrons. The van der Waals surface area contributed by atoms with E-state index in [2.05, 4.69) is 0 Å². The van der Waals surface area contributed by atoms with Gasteiger partial charge in [0.1, 0.15) is 5.97 Å². The fourth-order valence-electron chi connectivity index (χ4n) is 0.0772. The zero-order valence-corrected chi connectivity index (χ0v) is 4.45. The number of carboxylic acid groups (broad SMARTS) is 1. The fraction of sp³-hybridized carbons (Fsp3) is 0. The first-order valence-electron chi connectivity index (χ1n) is 1.48. The fourth-order valence-corrected chi connectivity index (χ4v) is 0.0772. The Hall–Kier alpha value is -1.04. The van der Waals surface area contributed by atoms with Crippen LogP contribution in [0.2, 0.25) is 0 Å². The molecule has 0 saturated carbocycles. The van der Waals surface area contributed by atoms with E-state index < -0.39 is 17.9 Å². The van der Waals surface area contributed by atoms with E-state index >= 15 is 0 Å². The van der Waals surface area contributed by atoms with E-state index in [9.17, 15) is 13.2 Å². The number of aliphatic carboxylic acids is 1. The van der Waals surface area contributed by atoms with Crippen molar-refractivity contribution in [3.05, 3.63) is 11.9 Å². The molecular weight excluding hydrogens is 139 g/mol. The van der Waals surface area contributed by atoms with Crippen LogP contribution in [0.4, 0.5) is 13.2 Å². The number of carbonyl (C=O) groups is 1. The summed E-state index contributed by atoms with van der Waals surface area (Å²) in [5, 5.41) is 9.12. The molecule has 0 aromatic heterocycles. The molecule has 0 unspecified atom stereocenters. The second-order valence-corrected chi connectivity index (χ2v) is 0.862. The van der Waals surface area contributed by atoms with Gasteiger partial charge in [-0.15, -0.1) is 0 Å². The zero-order chi connectivity index (χ0) is 6.73. The molecule has 0 aliphatic heterocycles. The maximum atomic E-state index is 11.1. The summed E-state index contributed by atoms with van der Waals surface area (Å²) in [6.45, 7) is 0. The lowest BCUT2D eigenvalue weighted by Gasteiger charge is -1.91. The van der Waals surface area contributed by atoms with Crippen LogP contribution in [-0.4, -0.2) is 5.97 Å². The highest BCUT2D eigenvalue weighted by molar-refractivity contribution is 5.82. The maximum Gasteiger partial charge on any atom is 0.307 e. The van der Waals surface area contributed by atoms with E-state index in [-0.39, 0.29) is 6.15 Å². The minimum absolute atomic E-state index is 0. The van der Waals surface area contributed by atoms with Gasteiger partial charge in [-0.2, -0.15) is 13.2 Å². The third kappa shape index (κ3) is 3.53. The molecule has 0 fully saturated rings. The van der Waals surface area contributed by atoms with Crippen molar-refractivity contribution in [1.82, 2.24) is 6.15 Å². The second kappa shape index (κ2) is 3.90. The van der Waals surface area contributed by atoms with E-state index in [1.54, 1.807) is 0 Å². The Balaban J connectivity index is 0. The summed E-state index contributed by atoms with van der Waals surface area (Å²) in [4.78, 5) is 9.12. The number of halogens is 3. The molecule has 0 aliphatic rings. The molecule has 0 amide bonds. The molecule has 4 N–H and O–H groups in total. The number of carboxylic acids is 1. The average molecular weight is 143 g/mol. The first-order valence-corrected chi connectivity index (χ1v) is 1.48. The number of carbonyl (C=O) groups excluding carboxylic acids is 1. The van der Waals surface area contributed by atoms with Crippen LogP contribution in [0.5, 0.6) is 0 Å². The summed E-state index contributed by atoms with van der Waals surface area (Å²) in [6.07, 6.45) is -2.87. The smallest absolute Gasteiger partial charge is 0.307 e. The highest BCUT2D eigenvalue weighted by Crippen LogP contribution is 2.06. The van der Waals surface area contributed by atoms with Crippen molar-refractivity contribution in [3.63, 3.8) is 0 Å². The number of rotatable bonds is 1. The van der Waals surface area contributed by atoms with E-state index in [4.69, 9.17) is 9.90 Å². The van der Waals surface area contributed by atoms with Crippen LogP contribution in [0.15, 0.2) is 11.9 Å². The van der Waals surface area contributed by atoms with Crippen LogP contribution in [0.25, 0.3) is 0 Å². The predicted octanol–water partition coefficient (Wildman–Crippen LogP) is 0.190. The number of hydrogen-bond donors (Lipinski definition) is 1. The highest BCUT2D eigenvalue weighted by atomic mass is 19.3. The van der Waals surface area contributed by atoms with Gasteiger partial charge in [0.05, 0.1) is 0 Å². The molecule has 0 rings (SSSR count). The average Bonchev–Trinajstić information content (AvgIpc) is 1.64. The largest absolute Gasteiger partial charge is 0.542 e. The molecule has 6 heteroatoms. The summed E-state index contributed by atoms with van der Waals surface area (Å²) in [7, 11) is 0. The van der Waals surface area contributed by atoms with Gasteiger partial charge < -0.3 is 16.1 Å². The van der Waals surface area contributed by atoms with Crippen molar-refractivity contribution in [2.75, 3.05) is 0 Å². The van der Waals surface area contributed by atoms with E-state index in [1.165, 1.54) is 0 Å². The monoisotopic (exact) mass is 143 g/mol. The van der Waals surface area contributed by atoms with Crippen LogP contribution in [0.3, 0.4) is 0 Å². The van der Waals surface area contributed by atoms with Gasteiger partial charge >= 0.3 is 6.08 Å². The Kier molecular flexibility index (Phi) is 4.71. The third-order valence-corrected chi connectivity index (χ3v) is 0.345. The predicted molar refractivity (Wildman–Crippen MR) is 21.3 cm³/mol. The topological polar surface area (TPSA) is 76.6 Å². The molecule has 0 radical (unpaired) electrons. The van der Waals surface area contributed by atoms with Crippen LogP contribution < -0.4 is 11.3 Å². The first kappa shape index (κ1) is 10.9. The van der Waals surface area contributed by atoms with Crippen molar-refractivity contribution in [2.45, 2.75) is 0 Å². The second-order valence-electron chi connectivity index (χ2n) is 0.862. The first-order chi connectivity index (χ1) is 3.55. The molecule has 3 nitrogen and oxygen atoms in total. The molecule has 9 heavy (non-hydrogen) atoms. The summed E-state index contributed by atoms with van der Waals surface area (Å²) in [6, 6.07) is 0. The molecule has 0 atom stereocenters. The van der Waals surface area contributed by atoms with E-state index in [0.29, 0.717) is 0 Å². The Morgan fingerprint density at radius 2 is 1.56 bits per heavy atom. The van der Waals surface area contributed by atoms with Crippen molar-refractivity contribution in [3.8, 4) is 0 Å². The normalized spacial score (nSPS) is 7.44. The van der Waals surface area contributed by atoms with Gasteiger partial charge in [0, 0.05) is 0 Å². The number of quaternary nitrogens is 1. The SMILES string of the molecule is O=C([O-])C(F)=C(F)F.[NH4+]. The molecule has 0 spiro atoms. The summed E-state index contributed by atoms with van der Waals surface area (Å²) in [5.41, 5.74) is 0. The molecular formula is C3H4F3NO2. The Bertz CT molecular complexity index is 140. The van der Waals surface area contributed by atoms with Crippen molar-refractivity contribution in [1.29, 1.82) is 0 Å². The van der Waals surface area contributed by atoms with Crippen molar-refractivity contribution in [2.24, 2.45) is 0 Å². The molecule has 0 aliphatic carbocycles. The van der Waals surface area contributed by atoms with Gasteiger partial charge in [0.2, 0.25) is 5.83 Å². The van der Waals surface area contributed by atoms with Crippen LogP contribution in [0.1, 0.15) is 0 Å². The molecule has 0 saturated heterocycles. The molecule has 0 heterocycles. The maximum absolute atomic E-state index is 11.1. The van der Waals surface area contributed by atoms with Gasteiger partial charge in [-0.05, 0) is 0 Å². The van der Waals surface area contributed by atoms with Crippen LogP contribution in [0, 0.1) is 0 Å². The van der Waals surface area contributed by atoms with Gasteiger partial charge in [0.15, 0.2) is 0 Å². The number of hydrogen-bond acceptors (Lipinski definition) is 2. The van der Waals surface area contributed by atoms with Crippen LogP contribution >= 0.6 is 0 Å². The quantitative estimate of drug-likeness (QED) is 0.532. The minimum Gasteiger partial charge on any atom is -0.542 e. The Morgan fingerprint density at radius 1 is 1.22 bits per heavy atom. The Labute approximate surface area is 48.4 Å². The lowest BCUT2D eigenvalue weighted by Crippen LogP contribution is -2.22. The standard InChI is InChI=1S/C3HF3O2.H3N/c4-1(2(5)6)3(7)8;/h(H,7,8);1H3. The molecule has 0 aromatic rings. The Morgan fingerprint density at radius 3 is 1.56 bits per heavy atom. The summed E-state index contributed by atoms with van der Waals surface area (Å²) >= 11 is 0. The lowest BCUT2D eigenvalue weighted by atomic mass is 10.6. The zero-order valence-electron chi connectivity index (χ0n) is 4.45. The molecule has 0 aromatic carbocycles. The van der Waals surface area contributed by atoms with E-state index in [0.717, 1.165) is 0 Å². The van der Waals surface area contributed by atoms with Crippen molar-refractivity contribution >= 4 is 5.97 Å². The van der Waals surface area contributed by atoms with Gasteiger partial charge in [-0.25, -0.2) is 0 Å². The van der Waals surface area contributed by atoms with Crippen molar-refractivity contribution < 1.29 is 23.1 Å². The van der Waals surface area contributed by atoms with E-state index in [1.807, 2.05) is 0 Å². The van der Waals surface area contributed by atoms with Crippen LogP contribution in [-0.2, 0) is 4.79 Å². The third-order valence-electron chi connectivity index (χ3n) is 0.345.